The third-order valence-corrected chi connectivity index (χ3v) is 4.73. The zero-order valence-corrected chi connectivity index (χ0v) is 18.1. The minimum absolute atomic E-state index is 0. The van der Waals surface area contributed by atoms with Crippen molar-refractivity contribution in [2.24, 2.45) is 16.8 Å². The van der Waals surface area contributed by atoms with Crippen LogP contribution in [0.2, 0.25) is 0 Å². The van der Waals surface area contributed by atoms with E-state index in [0.29, 0.717) is 13.0 Å². The summed E-state index contributed by atoms with van der Waals surface area (Å²) in [5.41, 5.74) is -0.171. The molecular formula is C18H35IN4O. The van der Waals surface area contributed by atoms with E-state index >= 15 is 0 Å². The van der Waals surface area contributed by atoms with Crippen LogP contribution in [0.25, 0.3) is 0 Å². The summed E-state index contributed by atoms with van der Waals surface area (Å²) >= 11 is 0. The summed E-state index contributed by atoms with van der Waals surface area (Å²) in [5, 5.41) is 6.39. The van der Waals surface area contributed by atoms with Crippen LogP contribution in [0.15, 0.2) is 4.99 Å². The maximum Gasteiger partial charge on any atom is 0.222 e. The molecule has 2 rings (SSSR count). The number of hydrogen-bond acceptors (Lipinski definition) is 2. The van der Waals surface area contributed by atoms with Gasteiger partial charge in [-0.2, -0.15) is 0 Å². The second-order valence-corrected chi connectivity index (χ2v) is 7.99. The van der Waals surface area contributed by atoms with Gasteiger partial charge < -0.3 is 15.5 Å². The lowest BCUT2D eigenvalue weighted by Crippen LogP contribution is -2.42. The lowest BCUT2D eigenvalue weighted by molar-refractivity contribution is -0.122. The van der Waals surface area contributed by atoms with E-state index < -0.39 is 0 Å². The molecule has 1 saturated carbocycles. The molecule has 1 saturated heterocycles. The van der Waals surface area contributed by atoms with E-state index in [1.54, 1.807) is 0 Å². The molecule has 0 aromatic carbocycles. The van der Waals surface area contributed by atoms with Crippen molar-refractivity contribution in [3.8, 4) is 0 Å². The molecular weight excluding hydrogens is 415 g/mol. The summed E-state index contributed by atoms with van der Waals surface area (Å²) < 4.78 is 0. The molecule has 0 bridgehead atoms. The van der Waals surface area contributed by atoms with Gasteiger partial charge in [0.15, 0.2) is 5.96 Å². The zero-order chi connectivity index (χ0) is 16.9. The lowest BCUT2D eigenvalue weighted by Gasteiger charge is -2.22. The second kappa shape index (κ2) is 9.82. The fraction of sp³-hybridized carbons (Fsp3) is 0.889. The van der Waals surface area contributed by atoms with Crippen LogP contribution in [0.3, 0.4) is 0 Å². The quantitative estimate of drug-likeness (QED) is 0.394. The number of hydrogen-bond donors (Lipinski definition) is 2. The Labute approximate surface area is 164 Å². The van der Waals surface area contributed by atoms with Crippen molar-refractivity contribution in [1.82, 2.24) is 15.5 Å². The number of carbonyl (C=O) groups excluding carboxylic acids is 1. The van der Waals surface area contributed by atoms with Gasteiger partial charge in [0.2, 0.25) is 5.91 Å². The molecule has 0 aromatic heterocycles. The zero-order valence-electron chi connectivity index (χ0n) is 15.7. The molecule has 2 unspecified atom stereocenters. The van der Waals surface area contributed by atoms with Crippen molar-refractivity contribution in [3.63, 3.8) is 0 Å². The number of guanidine groups is 1. The molecule has 140 valence electrons. The number of carbonyl (C=O) groups is 1. The normalized spacial score (nSPS) is 24.2. The molecule has 2 atom stereocenters. The van der Waals surface area contributed by atoms with Crippen molar-refractivity contribution >= 4 is 35.8 Å². The topological polar surface area (TPSA) is 56.7 Å². The monoisotopic (exact) mass is 450 g/mol. The predicted octanol–water partition coefficient (Wildman–Crippen LogP) is 3.00. The van der Waals surface area contributed by atoms with Gasteiger partial charge in [0.1, 0.15) is 0 Å². The van der Waals surface area contributed by atoms with Gasteiger partial charge in [-0.3, -0.25) is 9.79 Å². The Morgan fingerprint density at radius 2 is 1.75 bits per heavy atom. The van der Waals surface area contributed by atoms with Crippen LogP contribution in [0.5, 0.6) is 0 Å². The molecule has 6 heteroatoms. The summed E-state index contributed by atoms with van der Waals surface area (Å²) in [4.78, 5) is 19.0. The summed E-state index contributed by atoms with van der Waals surface area (Å²) in [6.07, 6.45) is 5.96. The standard InChI is InChI=1S/C18H34N4O.HI/c1-5-19-17(20-11-10-16(23)21-18(2,3)4)22-12-14-8-6-7-9-15(14)13-22;/h14-15H,5-13H2,1-4H3,(H,19,20)(H,21,23);1H. The first-order valence-corrected chi connectivity index (χ1v) is 9.23. The molecule has 1 heterocycles. The van der Waals surface area contributed by atoms with E-state index in [4.69, 9.17) is 4.99 Å². The highest BCUT2D eigenvalue weighted by Crippen LogP contribution is 2.35. The Morgan fingerprint density at radius 3 is 2.25 bits per heavy atom. The molecule has 0 aromatic rings. The maximum absolute atomic E-state index is 11.9. The number of nitrogens with one attached hydrogen (secondary N) is 2. The summed E-state index contributed by atoms with van der Waals surface area (Å²) in [5.74, 6) is 2.76. The number of halogens is 1. The van der Waals surface area contributed by atoms with E-state index in [1.165, 1.54) is 25.7 Å². The summed E-state index contributed by atoms with van der Waals surface area (Å²) in [7, 11) is 0. The molecule has 1 aliphatic heterocycles. The number of nitrogens with zero attached hydrogens (tertiary/aromatic N) is 2. The lowest BCUT2D eigenvalue weighted by atomic mass is 9.82. The van der Waals surface area contributed by atoms with E-state index in [-0.39, 0.29) is 35.4 Å². The van der Waals surface area contributed by atoms with Gasteiger partial charge in [-0.15, -0.1) is 24.0 Å². The van der Waals surface area contributed by atoms with Crippen LogP contribution in [0.4, 0.5) is 0 Å². The van der Waals surface area contributed by atoms with E-state index in [2.05, 4.69) is 22.5 Å². The predicted molar refractivity (Wildman–Crippen MR) is 111 cm³/mol. The molecule has 0 radical (unpaired) electrons. The third-order valence-electron chi connectivity index (χ3n) is 4.73. The van der Waals surface area contributed by atoms with Crippen LogP contribution >= 0.6 is 24.0 Å². The average molecular weight is 450 g/mol. The van der Waals surface area contributed by atoms with Crippen LogP contribution in [-0.4, -0.2) is 48.5 Å². The van der Waals surface area contributed by atoms with E-state index in [9.17, 15) is 4.79 Å². The maximum atomic E-state index is 11.9. The van der Waals surface area contributed by atoms with Crippen LogP contribution in [0.1, 0.15) is 59.8 Å². The molecule has 2 fully saturated rings. The second-order valence-electron chi connectivity index (χ2n) is 7.99. The molecule has 1 aliphatic carbocycles. The van der Waals surface area contributed by atoms with Gasteiger partial charge in [0.05, 0.1) is 6.54 Å². The average Bonchev–Trinajstić information content (AvgIpc) is 2.88. The third kappa shape index (κ3) is 6.76. The van der Waals surface area contributed by atoms with Gasteiger partial charge in [-0.25, -0.2) is 0 Å². The number of likely N-dealkylation sites (tertiary alicyclic amines) is 1. The van der Waals surface area contributed by atoms with Gasteiger partial charge in [0.25, 0.3) is 0 Å². The highest BCUT2D eigenvalue weighted by atomic mass is 127. The van der Waals surface area contributed by atoms with E-state index in [1.807, 2.05) is 20.8 Å². The highest BCUT2D eigenvalue weighted by molar-refractivity contribution is 14.0. The number of fused-ring (bicyclic) bond motifs is 1. The van der Waals surface area contributed by atoms with Crippen LogP contribution in [0, 0.1) is 11.8 Å². The number of aliphatic imine (C=N–C) groups is 1. The first-order chi connectivity index (χ1) is 10.9. The van der Waals surface area contributed by atoms with Gasteiger partial charge in [-0.05, 0) is 52.4 Å². The minimum Gasteiger partial charge on any atom is -0.357 e. The van der Waals surface area contributed by atoms with Gasteiger partial charge in [0, 0.05) is 31.6 Å². The largest absolute Gasteiger partial charge is 0.357 e. The minimum atomic E-state index is -0.171. The van der Waals surface area contributed by atoms with Crippen molar-refractivity contribution < 1.29 is 4.79 Å². The van der Waals surface area contributed by atoms with Crippen molar-refractivity contribution in [2.45, 2.75) is 65.3 Å². The van der Waals surface area contributed by atoms with Crippen molar-refractivity contribution in [3.05, 3.63) is 0 Å². The Morgan fingerprint density at radius 1 is 1.17 bits per heavy atom. The van der Waals surface area contributed by atoms with Gasteiger partial charge >= 0.3 is 0 Å². The van der Waals surface area contributed by atoms with E-state index in [0.717, 1.165) is 37.4 Å². The highest BCUT2D eigenvalue weighted by Gasteiger charge is 2.35. The number of rotatable bonds is 4. The fourth-order valence-corrected chi connectivity index (χ4v) is 3.75. The Kier molecular flexibility index (Phi) is 8.81. The first kappa shape index (κ1) is 21.5. The molecule has 1 amide bonds. The fourth-order valence-electron chi connectivity index (χ4n) is 3.75. The van der Waals surface area contributed by atoms with Crippen LogP contribution < -0.4 is 10.6 Å². The Hall–Kier alpha value is -0.530. The Bertz CT molecular complexity index is 419. The smallest absolute Gasteiger partial charge is 0.222 e. The molecule has 2 N–H and O–H groups in total. The first-order valence-electron chi connectivity index (χ1n) is 9.23. The molecule has 5 nitrogen and oxygen atoms in total. The summed E-state index contributed by atoms with van der Waals surface area (Å²) in [6.45, 7) is 11.8. The Balaban J connectivity index is 0.00000288. The molecule has 0 spiro atoms. The summed E-state index contributed by atoms with van der Waals surface area (Å²) in [6, 6.07) is 0. The molecule has 24 heavy (non-hydrogen) atoms. The van der Waals surface area contributed by atoms with Gasteiger partial charge in [-0.1, -0.05) is 12.8 Å². The van der Waals surface area contributed by atoms with Crippen molar-refractivity contribution in [2.75, 3.05) is 26.2 Å². The number of amides is 1. The van der Waals surface area contributed by atoms with Crippen molar-refractivity contribution in [1.29, 1.82) is 0 Å². The molecule has 2 aliphatic rings. The SMILES string of the molecule is CCNC(=NCCC(=O)NC(C)(C)C)N1CC2CCCCC2C1.I. The van der Waals surface area contributed by atoms with Crippen LogP contribution in [-0.2, 0) is 4.79 Å².